The van der Waals surface area contributed by atoms with Crippen molar-refractivity contribution in [1.82, 2.24) is 10.0 Å². The largest absolute Gasteiger partial charge is 0.495 e. The van der Waals surface area contributed by atoms with Gasteiger partial charge < -0.3 is 15.2 Å². The Morgan fingerprint density at radius 3 is 2.44 bits per heavy atom. The maximum Gasteiger partial charge on any atom is 0.303 e. The summed E-state index contributed by atoms with van der Waals surface area (Å²) < 4.78 is 31.2. The fourth-order valence-electron chi connectivity index (χ4n) is 2.20. The molecule has 0 saturated carbocycles. The Morgan fingerprint density at radius 1 is 1.16 bits per heavy atom. The summed E-state index contributed by atoms with van der Waals surface area (Å²) in [6.45, 7) is 0.437. The highest BCUT2D eigenvalue weighted by Gasteiger charge is 2.20. The van der Waals surface area contributed by atoms with E-state index < -0.39 is 16.0 Å². The second kappa shape index (κ2) is 10.00. The summed E-state index contributed by atoms with van der Waals surface area (Å²) in [5, 5.41) is 11.3. The van der Waals surface area contributed by atoms with Crippen LogP contribution in [-0.2, 0) is 14.8 Å². The quantitative estimate of drug-likeness (QED) is 0.504. The Bertz CT molecular complexity index is 703. The van der Waals surface area contributed by atoms with Gasteiger partial charge in [0, 0.05) is 18.5 Å². The lowest BCUT2D eigenvalue weighted by Gasteiger charge is -2.11. The van der Waals surface area contributed by atoms with Crippen LogP contribution in [0.3, 0.4) is 0 Å². The second-order valence-corrected chi connectivity index (χ2v) is 7.24. The highest BCUT2D eigenvalue weighted by molar-refractivity contribution is 7.89. The van der Waals surface area contributed by atoms with E-state index in [9.17, 15) is 18.0 Å². The zero-order valence-corrected chi connectivity index (χ0v) is 15.2. The van der Waals surface area contributed by atoms with Crippen LogP contribution in [0.5, 0.6) is 5.75 Å². The number of nitrogens with one attached hydrogen (secondary N) is 2. The Labute approximate surface area is 147 Å². The van der Waals surface area contributed by atoms with Gasteiger partial charge in [0.1, 0.15) is 10.6 Å². The molecule has 0 atom stereocenters. The number of amides is 1. The Morgan fingerprint density at radius 2 is 1.84 bits per heavy atom. The fraction of sp³-hybridized carbons (Fsp3) is 0.500. The molecule has 1 rings (SSSR count). The van der Waals surface area contributed by atoms with Crippen LogP contribution in [0.1, 0.15) is 42.5 Å². The SMILES string of the molecule is CNS(=O)(=O)c1cc(C(=O)NCCCCCCC(=O)O)ccc1OC. The van der Waals surface area contributed by atoms with Crippen molar-refractivity contribution in [2.24, 2.45) is 0 Å². The van der Waals surface area contributed by atoms with Gasteiger partial charge in [-0.2, -0.15) is 0 Å². The van der Waals surface area contributed by atoms with Crippen molar-refractivity contribution in [2.75, 3.05) is 20.7 Å². The van der Waals surface area contributed by atoms with Gasteiger partial charge in [0.15, 0.2) is 0 Å². The first kappa shape index (κ1) is 20.9. The van der Waals surface area contributed by atoms with Gasteiger partial charge in [-0.05, 0) is 38.1 Å². The van der Waals surface area contributed by atoms with Gasteiger partial charge in [-0.15, -0.1) is 0 Å². The molecule has 0 aliphatic rings. The predicted octanol–water partition coefficient (Wildman–Crippen LogP) is 1.37. The van der Waals surface area contributed by atoms with E-state index in [0.29, 0.717) is 13.0 Å². The molecule has 0 fully saturated rings. The average molecular weight is 372 g/mol. The van der Waals surface area contributed by atoms with Gasteiger partial charge in [-0.3, -0.25) is 9.59 Å². The Balaban J connectivity index is 2.59. The number of carboxylic acid groups (broad SMARTS) is 1. The highest BCUT2D eigenvalue weighted by Crippen LogP contribution is 2.24. The average Bonchev–Trinajstić information content (AvgIpc) is 2.59. The smallest absolute Gasteiger partial charge is 0.303 e. The van der Waals surface area contributed by atoms with Crippen LogP contribution in [0.2, 0.25) is 0 Å². The van der Waals surface area contributed by atoms with E-state index in [1.54, 1.807) is 0 Å². The van der Waals surface area contributed by atoms with Crippen molar-refractivity contribution in [3.63, 3.8) is 0 Å². The summed E-state index contributed by atoms with van der Waals surface area (Å²) in [6, 6.07) is 4.20. The van der Waals surface area contributed by atoms with Crippen molar-refractivity contribution in [3.05, 3.63) is 23.8 Å². The molecule has 25 heavy (non-hydrogen) atoms. The molecule has 0 aliphatic carbocycles. The first-order valence-corrected chi connectivity index (χ1v) is 9.41. The number of unbranched alkanes of at least 4 members (excludes halogenated alkanes) is 3. The van der Waals surface area contributed by atoms with Crippen molar-refractivity contribution in [2.45, 2.75) is 37.0 Å². The lowest BCUT2D eigenvalue weighted by molar-refractivity contribution is -0.137. The molecule has 0 unspecified atom stereocenters. The molecule has 0 heterocycles. The fourth-order valence-corrected chi connectivity index (χ4v) is 3.11. The van der Waals surface area contributed by atoms with E-state index in [1.807, 2.05) is 0 Å². The molecule has 0 aliphatic heterocycles. The van der Waals surface area contributed by atoms with E-state index >= 15 is 0 Å². The number of sulfonamides is 1. The summed E-state index contributed by atoms with van der Waals surface area (Å²) in [6.07, 6.45) is 3.10. The van der Waals surface area contributed by atoms with E-state index in [1.165, 1.54) is 32.4 Å². The molecule has 0 radical (unpaired) electrons. The van der Waals surface area contributed by atoms with Gasteiger partial charge in [0.25, 0.3) is 5.91 Å². The number of carbonyl (C=O) groups is 2. The zero-order chi connectivity index (χ0) is 18.9. The van der Waals surface area contributed by atoms with Crippen LogP contribution in [0.4, 0.5) is 0 Å². The second-order valence-electron chi connectivity index (χ2n) is 5.39. The maximum atomic E-state index is 12.1. The normalized spacial score (nSPS) is 11.1. The van der Waals surface area contributed by atoms with Crippen LogP contribution in [-0.4, -0.2) is 46.1 Å². The maximum absolute atomic E-state index is 12.1. The number of benzene rings is 1. The molecule has 0 aromatic heterocycles. The molecular formula is C16H24N2O6S. The van der Waals surface area contributed by atoms with Crippen molar-refractivity contribution >= 4 is 21.9 Å². The van der Waals surface area contributed by atoms with Crippen LogP contribution >= 0.6 is 0 Å². The van der Waals surface area contributed by atoms with E-state index in [0.717, 1.165) is 19.3 Å². The molecule has 1 amide bonds. The summed E-state index contributed by atoms with van der Waals surface area (Å²) in [5.41, 5.74) is 0.223. The summed E-state index contributed by atoms with van der Waals surface area (Å²) in [5.74, 6) is -1.02. The highest BCUT2D eigenvalue weighted by atomic mass is 32.2. The molecule has 140 valence electrons. The number of carbonyl (C=O) groups excluding carboxylic acids is 1. The molecule has 1 aromatic carbocycles. The minimum Gasteiger partial charge on any atom is -0.495 e. The van der Waals surface area contributed by atoms with E-state index in [2.05, 4.69) is 10.0 Å². The van der Waals surface area contributed by atoms with Crippen LogP contribution in [0.25, 0.3) is 0 Å². The molecule has 0 saturated heterocycles. The molecular weight excluding hydrogens is 348 g/mol. The van der Waals surface area contributed by atoms with Crippen LogP contribution in [0.15, 0.2) is 23.1 Å². The summed E-state index contributed by atoms with van der Waals surface area (Å²) in [4.78, 5) is 22.4. The van der Waals surface area contributed by atoms with Gasteiger partial charge in [0.2, 0.25) is 10.0 Å². The van der Waals surface area contributed by atoms with Gasteiger partial charge in [-0.1, -0.05) is 12.8 Å². The number of carboxylic acids is 1. The van der Waals surface area contributed by atoms with E-state index in [4.69, 9.17) is 9.84 Å². The number of hydrogen-bond donors (Lipinski definition) is 3. The third kappa shape index (κ3) is 6.71. The topological polar surface area (TPSA) is 122 Å². The summed E-state index contributed by atoms with van der Waals surface area (Å²) >= 11 is 0. The van der Waals surface area contributed by atoms with Crippen molar-refractivity contribution < 1.29 is 27.9 Å². The number of ether oxygens (including phenoxy) is 1. The summed E-state index contributed by atoms with van der Waals surface area (Å²) in [7, 11) is -1.10. The van der Waals surface area contributed by atoms with Crippen LogP contribution < -0.4 is 14.8 Å². The minimum absolute atomic E-state index is 0.0983. The lowest BCUT2D eigenvalue weighted by atomic mass is 10.1. The van der Waals surface area contributed by atoms with Gasteiger partial charge in [0.05, 0.1) is 7.11 Å². The van der Waals surface area contributed by atoms with Crippen molar-refractivity contribution in [3.8, 4) is 5.75 Å². The molecule has 8 nitrogen and oxygen atoms in total. The Hall–Kier alpha value is -2.13. The third-order valence-corrected chi connectivity index (χ3v) is 5.02. The number of methoxy groups -OCH3 is 1. The van der Waals surface area contributed by atoms with Gasteiger partial charge in [-0.25, -0.2) is 13.1 Å². The van der Waals surface area contributed by atoms with Gasteiger partial charge >= 0.3 is 5.97 Å². The minimum atomic E-state index is -3.74. The number of aliphatic carboxylic acids is 1. The first-order chi connectivity index (χ1) is 11.8. The Kier molecular flexibility index (Phi) is 8.36. The monoisotopic (exact) mass is 372 g/mol. The molecule has 9 heteroatoms. The number of hydrogen-bond acceptors (Lipinski definition) is 5. The predicted molar refractivity (Wildman–Crippen MR) is 92.3 cm³/mol. The molecule has 0 spiro atoms. The number of rotatable bonds is 11. The van der Waals surface area contributed by atoms with E-state index in [-0.39, 0.29) is 28.5 Å². The first-order valence-electron chi connectivity index (χ1n) is 7.93. The molecule has 1 aromatic rings. The zero-order valence-electron chi connectivity index (χ0n) is 14.4. The lowest BCUT2D eigenvalue weighted by Crippen LogP contribution is -2.25. The molecule has 0 bridgehead atoms. The third-order valence-electron chi connectivity index (χ3n) is 3.59. The standard InChI is InChI=1S/C16H24N2O6S/c1-17-25(22,23)14-11-12(8-9-13(14)24-2)16(21)18-10-6-4-3-5-7-15(19)20/h8-9,11,17H,3-7,10H2,1-2H3,(H,18,21)(H,19,20). The van der Waals surface area contributed by atoms with Crippen LogP contribution in [0, 0.1) is 0 Å². The molecule has 3 N–H and O–H groups in total. The van der Waals surface area contributed by atoms with Crippen molar-refractivity contribution in [1.29, 1.82) is 0 Å².